The summed E-state index contributed by atoms with van der Waals surface area (Å²) in [5, 5.41) is 3.70. The summed E-state index contributed by atoms with van der Waals surface area (Å²) in [6, 6.07) is 11.0. The molecule has 1 saturated heterocycles. The number of amides is 1. The maximum Gasteiger partial charge on any atom is 0.333 e. The van der Waals surface area contributed by atoms with Crippen molar-refractivity contribution in [2.24, 2.45) is 5.41 Å². The minimum absolute atomic E-state index is 0.0201. The zero-order valence-electron chi connectivity index (χ0n) is 15.1. The van der Waals surface area contributed by atoms with Crippen LogP contribution in [0.4, 0.5) is 8.78 Å². The fraction of sp³-hybridized carbons (Fsp3) is 0.474. The summed E-state index contributed by atoms with van der Waals surface area (Å²) in [5.41, 5.74) is 0.831. The van der Waals surface area contributed by atoms with E-state index in [1.54, 1.807) is 4.90 Å². The molecule has 0 aliphatic carbocycles. The normalized spacial score (nSPS) is 21.2. The third-order valence-corrected chi connectivity index (χ3v) is 4.55. The molecule has 1 aliphatic rings. The van der Waals surface area contributed by atoms with Gasteiger partial charge in [0.25, 0.3) is 5.91 Å². The van der Waals surface area contributed by atoms with Crippen LogP contribution in [-0.4, -0.2) is 39.8 Å². The largest absolute Gasteiger partial charge is 0.366 e. The van der Waals surface area contributed by atoms with Crippen LogP contribution < -0.4 is 0 Å². The van der Waals surface area contributed by atoms with Gasteiger partial charge in [0, 0.05) is 12.7 Å². The maximum atomic E-state index is 12.8. The number of benzene rings is 1. The van der Waals surface area contributed by atoms with Crippen molar-refractivity contribution in [2.75, 3.05) is 13.1 Å². The molecule has 26 heavy (non-hydrogen) atoms. The number of nitrogens with zero attached hydrogens (tertiary/aromatic N) is 3. The molecule has 0 radical (unpaired) electrons. The van der Waals surface area contributed by atoms with Crippen LogP contribution in [0.15, 0.2) is 42.6 Å². The summed E-state index contributed by atoms with van der Waals surface area (Å²) < 4.78 is 32.2. The van der Waals surface area contributed by atoms with Gasteiger partial charge in [0.05, 0.1) is 12.6 Å². The highest BCUT2D eigenvalue weighted by Gasteiger charge is 2.38. The van der Waals surface area contributed by atoms with Gasteiger partial charge in [-0.3, -0.25) is 4.79 Å². The van der Waals surface area contributed by atoms with Crippen LogP contribution in [0.2, 0.25) is 0 Å². The molecule has 2 atom stereocenters. The number of hydrogen-bond acceptors (Lipinski definition) is 3. The van der Waals surface area contributed by atoms with Crippen molar-refractivity contribution in [3.05, 3.63) is 53.9 Å². The lowest BCUT2D eigenvalue weighted by molar-refractivity contribution is -0.119. The molecule has 1 amide bonds. The molecule has 5 nitrogen and oxygen atoms in total. The Hall–Kier alpha value is -2.28. The van der Waals surface area contributed by atoms with Crippen molar-refractivity contribution in [1.82, 2.24) is 14.7 Å². The average Bonchev–Trinajstić information content (AvgIpc) is 3.11. The van der Waals surface area contributed by atoms with E-state index in [1.807, 2.05) is 30.3 Å². The van der Waals surface area contributed by atoms with E-state index < -0.39 is 6.55 Å². The molecule has 2 heterocycles. The fourth-order valence-corrected chi connectivity index (χ4v) is 2.98. The molecule has 3 rings (SSSR count). The number of alkyl halides is 2. The van der Waals surface area contributed by atoms with Gasteiger partial charge in [-0.2, -0.15) is 13.9 Å². The van der Waals surface area contributed by atoms with Crippen LogP contribution in [0.3, 0.4) is 0 Å². The summed E-state index contributed by atoms with van der Waals surface area (Å²) >= 11 is 0. The predicted molar refractivity (Wildman–Crippen MR) is 92.9 cm³/mol. The van der Waals surface area contributed by atoms with E-state index in [4.69, 9.17) is 4.74 Å². The van der Waals surface area contributed by atoms with Crippen LogP contribution in [-0.2, 0) is 4.74 Å². The van der Waals surface area contributed by atoms with E-state index in [2.05, 4.69) is 25.9 Å². The molecule has 1 aromatic carbocycles. The molecule has 2 aromatic rings. The second-order valence-electron chi connectivity index (χ2n) is 7.56. The lowest BCUT2D eigenvalue weighted by Gasteiger charge is -2.43. The van der Waals surface area contributed by atoms with Gasteiger partial charge in [-0.1, -0.05) is 51.1 Å². The van der Waals surface area contributed by atoms with Crippen molar-refractivity contribution in [3.8, 4) is 0 Å². The van der Waals surface area contributed by atoms with Gasteiger partial charge >= 0.3 is 6.55 Å². The Morgan fingerprint density at radius 2 is 1.88 bits per heavy atom. The molecule has 140 valence electrons. The molecular weight excluding hydrogens is 340 g/mol. The lowest BCUT2D eigenvalue weighted by atomic mass is 9.87. The quantitative estimate of drug-likeness (QED) is 0.831. The van der Waals surface area contributed by atoms with Crippen molar-refractivity contribution in [2.45, 2.75) is 39.5 Å². The molecule has 1 aliphatic heterocycles. The summed E-state index contributed by atoms with van der Waals surface area (Å²) in [6.07, 6.45) is 0.673. The minimum Gasteiger partial charge on any atom is -0.366 e. The Labute approximate surface area is 151 Å². The van der Waals surface area contributed by atoms with Crippen molar-refractivity contribution >= 4 is 5.91 Å². The first-order chi connectivity index (χ1) is 12.3. The Morgan fingerprint density at radius 1 is 1.19 bits per heavy atom. The number of hydrogen-bond donors (Lipinski definition) is 0. The number of rotatable bonds is 3. The smallest absolute Gasteiger partial charge is 0.333 e. The van der Waals surface area contributed by atoms with Crippen LogP contribution in [0.1, 0.15) is 49.5 Å². The van der Waals surface area contributed by atoms with E-state index >= 15 is 0 Å². The number of carbonyl (C=O) groups excluding carboxylic acids is 1. The summed E-state index contributed by atoms with van der Waals surface area (Å²) in [5.74, 6) is -0.358. The first-order valence-electron chi connectivity index (χ1n) is 8.58. The van der Waals surface area contributed by atoms with Crippen LogP contribution in [0.5, 0.6) is 0 Å². The average molecular weight is 363 g/mol. The van der Waals surface area contributed by atoms with Crippen LogP contribution >= 0.6 is 0 Å². The first kappa shape index (κ1) is 18.5. The molecule has 0 saturated carbocycles. The zero-order chi connectivity index (χ0) is 18.9. The molecule has 0 unspecified atom stereocenters. The summed E-state index contributed by atoms with van der Waals surface area (Å²) in [6.45, 7) is 4.16. The van der Waals surface area contributed by atoms with Gasteiger partial charge in [0.1, 0.15) is 6.10 Å². The van der Waals surface area contributed by atoms with Gasteiger partial charge in [0.2, 0.25) is 0 Å². The number of halogens is 2. The van der Waals surface area contributed by atoms with E-state index in [9.17, 15) is 13.6 Å². The number of ether oxygens (including phenoxy) is 1. The number of morpholine rings is 1. The van der Waals surface area contributed by atoms with Gasteiger partial charge in [0.15, 0.2) is 5.69 Å². The summed E-state index contributed by atoms with van der Waals surface area (Å²) in [4.78, 5) is 14.5. The second kappa shape index (κ2) is 7.15. The SMILES string of the molecule is CC(C)(C)[C@H]1CN(C(=O)c2ccn(C(F)F)n2)C[C@@H](c2ccccc2)O1. The predicted octanol–water partition coefficient (Wildman–Crippen LogP) is 3.91. The standard InChI is InChI=1S/C19H23F2N3O2/c1-19(2,3)16-12-23(11-15(26-16)13-7-5-4-6-8-13)17(25)14-9-10-24(22-14)18(20)21/h4-10,15-16,18H,11-12H2,1-3H3/t15-,16+/m0/s1. The Balaban J connectivity index is 1.85. The first-order valence-corrected chi connectivity index (χ1v) is 8.58. The maximum absolute atomic E-state index is 12.8. The molecule has 0 N–H and O–H groups in total. The highest BCUT2D eigenvalue weighted by Crippen LogP contribution is 2.34. The van der Waals surface area contributed by atoms with Crippen LogP contribution in [0.25, 0.3) is 0 Å². The Bertz CT molecular complexity index is 756. The molecule has 0 spiro atoms. The molecule has 1 fully saturated rings. The topological polar surface area (TPSA) is 47.4 Å². The third kappa shape index (κ3) is 3.93. The monoisotopic (exact) mass is 363 g/mol. The number of aromatic nitrogens is 2. The van der Waals surface area contributed by atoms with Gasteiger partial charge in [-0.05, 0) is 17.0 Å². The number of carbonyl (C=O) groups is 1. The van der Waals surface area contributed by atoms with E-state index in [-0.39, 0.29) is 29.2 Å². The fourth-order valence-electron chi connectivity index (χ4n) is 2.98. The Kier molecular flexibility index (Phi) is 5.09. The molecule has 7 heteroatoms. The minimum atomic E-state index is -2.76. The second-order valence-corrected chi connectivity index (χ2v) is 7.56. The van der Waals surface area contributed by atoms with Gasteiger partial charge in [-0.15, -0.1) is 0 Å². The van der Waals surface area contributed by atoms with E-state index in [0.29, 0.717) is 17.8 Å². The van der Waals surface area contributed by atoms with Crippen molar-refractivity contribution < 1.29 is 18.3 Å². The third-order valence-electron chi connectivity index (χ3n) is 4.55. The van der Waals surface area contributed by atoms with E-state index in [0.717, 1.165) is 11.8 Å². The van der Waals surface area contributed by atoms with Crippen molar-refractivity contribution in [3.63, 3.8) is 0 Å². The lowest BCUT2D eigenvalue weighted by Crippen LogP contribution is -2.51. The van der Waals surface area contributed by atoms with Crippen LogP contribution in [0, 0.1) is 5.41 Å². The van der Waals surface area contributed by atoms with Gasteiger partial charge in [-0.25, -0.2) is 4.68 Å². The van der Waals surface area contributed by atoms with Crippen molar-refractivity contribution in [1.29, 1.82) is 0 Å². The van der Waals surface area contributed by atoms with Gasteiger partial charge < -0.3 is 9.64 Å². The van der Waals surface area contributed by atoms with E-state index in [1.165, 1.54) is 6.07 Å². The summed E-state index contributed by atoms with van der Waals surface area (Å²) in [7, 11) is 0. The Morgan fingerprint density at radius 3 is 2.46 bits per heavy atom. The molecular formula is C19H23F2N3O2. The highest BCUT2D eigenvalue weighted by molar-refractivity contribution is 5.92. The highest BCUT2D eigenvalue weighted by atomic mass is 19.3. The molecule has 0 bridgehead atoms. The zero-order valence-corrected chi connectivity index (χ0v) is 15.1. The molecule has 1 aromatic heterocycles.